The van der Waals surface area contributed by atoms with Crippen molar-refractivity contribution in [3.8, 4) is 0 Å². The summed E-state index contributed by atoms with van der Waals surface area (Å²) >= 11 is 0. The zero-order chi connectivity index (χ0) is 15.4. The normalized spacial score (nSPS) is 11.0. The van der Waals surface area contributed by atoms with E-state index >= 15 is 0 Å². The van der Waals surface area contributed by atoms with E-state index < -0.39 is 0 Å². The van der Waals surface area contributed by atoms with Crippen LogP contribution in [0.3, 0.4) is 0 Å². The molecule has 0 unspecified atom stereocenters. The van der Waals surface area contributed by atoms with E-state index in [1.165, 1.54) is 6.07 Å². The van der Waals surface area contributed by atoms with Crippen molar-refractivity contribution in [3.63, 3.8) is 0 Å². The maximum atomic E-state index is 11.8. The summed E-state index contributed by atoms with van der Waals surface area (Å²) in [4.78, 5) is 27.5. The third-order valence-corrected chi connectivity index (χ3v) is 3.50. The van der Waals surface area contributed by atoms with Crippen molar-refractivity contribution in [1.29, 1.82) is 0 Å². The fraction of sp³-hybridized carbons (Fsp3) is 0.500. The Kier molecular flexibility index (Phi) is 4.74. The highest BCUT2D eigenvalue weighted by atomic mass is 16.1. The molecule has 2 rings (SSSR count). The second-order valence-corrected chi connectivity index (χ2v) is 5.06. The summed E-state index contributed by atoms with van der Waals surface area (Å²) in [5.74, 6) is 0.0187. The fourth-order valence-corrected chi connectivity index (χ4v) is 2.31. The van der Waals surface area contributed by atoms with Crippen LogP contribution in [0.5, 0.6) is 0 Å². The van der Waals surface area contributed by atoms with E-state index in [4.69, 9.17) is 0 Å². The number of aryl methyl sites for hydroxylation is 2. The Morgan fingerprint density at radius 3 is 2.90 bits per heavy atom. The van der Waals surface area contributed by atoms with Crippen molar-refractivity contribution in [2.75, 3.05) is 13.6 Å². The van der Waals surface area contributed by atoms with Crippen LogP contribution < -0.4 is 16.2 Å². The van der Waals surface area contributed by atoms with E-state index in [2.05, 4.69) is 20.7 Å². The lowest BCUT2D eigenvalue weighted by atomic mass is 10.1. The maximum absolute atomic E-state index is 11.8. The minimum Gasteiger partial charge on any atom is -0.352 e. The maximum Gasteiger partial charge on any atom is 0.266 e. The molecular formula is C14H21N5O2. The van der Waals surface area contributed by atoms with Gasteiger partial charge < -0.3 is 10.6 Å². The second kappa shape index (κ2) is 6.53. The minimum absolute atomic E-state index is 0.0187. The first-order valence-electron chi connectivity index (χ1n) is 7.02. The van der Waals surface area contributed by atoms with Crippen LogP contribution in [0.25, 0.3) is 5.65 Å². The Morgan fingerprint density at radius 1 is 1.43 bits per heavy atom. The lowest BCUT2D eigenvalue weighted by Crippen LogP contribution is -2.25. The average molecular weight is 291 g/mol. The molecule has 1 amide bonds. The number of H-pyrrole nitrogens is 1. The van der Waals surface area contributed by atoms with Gasteiger partial charge in [-0.3, -0.25) is 14.7 Å². The number of aromatic nitrogens is 3. The molecule has 0 aliphatic rings. The monoisotopic (exact) mass is 291 g/mol. The molecule has 2 aromatic heterocycles. The number of nitrogens with zero attached hydrogens (tertiary/aromatic N) is 2. The summed E-state index contributed by atoms with van der Waals surface area (Å²) in [6, 6.07) is 1.46. The van der Waals surface area contributed by atoms with Gasteiger partial charge in [-0.05, 0) is 33.9 Å². The summed E-state index contributed by atoms with van der Waals surface area (Å²) in [7, 11) is 1.86. The molecule has 0 saturated heterocycles. The van der Waals surface area contributed by atoms with Gasteiger partial charge in [-0.1, -0.05) is 0 Å². The molecule has 2 aromatic rings. The van der Waals surface area contributed by atoms with Crippen molar-refractivity contribution >= 4 is 11.6 Å². The number of nitrogens with one attached hydrogen (secondary N) is 3. The van der Waals surface area contributed by atoms with E-state index in [-0.39, 0.29) is 11.5 Å². The van der Waals surface area contributed by atoms with Gasteiger partial charge in [-0.15, -0.1) is 0 Å². The van der Waals surface area contributed by atoms with Crippen molar-refractivity contribution in [2.24, 2.45) is 0 Å². The topological polar surface area (TPSA) is 91.3 Å². The van der Waals surface area contributed by atoms with Gasteiger partial charge >= 0.3 is 0 Å². The van der Waals surface area contributed by atoms with Gasteiger partial charge in [0.15, 0.2) is 5.65 Å². The molecule has 0 fully saturated rings. The molecule has 0 atom stereocenters. The molecule has 7 heteroatoms. The number of rotatable bonds is 6. The summed E-state index contributed by atoms with van der Waals surface area (Å²) in [6.45, 7) is 5.02. The zero-order valence-corrected chi connectivity index (χ0v) is 12.6. The largest absolute Gasteiger partial charge is 0.352 e. The van der Waals surface area contributed by atoms with Crippen LogP contribution in [-0.2, 0) is 11.3 Å². The number of fused-ring (bicyclic) bond motifs is 1. The van der Waals surface area contributed by atoms with Crippen LogP contribution in [0.1, 0.15) is 29.8 Å². The van der Waals surface area contributed by atoms with Gasteiger partial charge in [0.1, 0.15) is 0 Å². The number of amides is 1. The van der Waals surface area contributed by atoms with Crippen LogP contribution in [-0.4, -0.2) is 34.1 Å². The average Bonchev–Trinajstić information content (AvgIpc) is 2.79. The number of carbonyl (C=O) groups is 1. The van der Waals surface area contributed by atoms with Crippen LogP contribution >= 0.6 is 0 Å². The number of aromatic amines is 1. The highest BCUT2D eigenvalue weighted by Gasteiger charge is 2.11. The quantitative estimate of drug-likeness (QED) is 0.666. The zero-order valence-electron chi connectivity index (χ0n) is 12.6. The van der Waals surface area contributed by atoms with Crippen LogP contribution in [0, 0.1) is 13.8 Å². The van der Waals surface area contributed by atoms with E-state index in [0.717, 1.165) is 29.9 Å². The van der Waals surface area contributed by atoms with E-state index in [1.54, 1.807) is 4.52 Å². The van der Waals surface area contributed by atoms with Crippen LogP contribution in [0.15, 0.2) is 10.9 Å². The standard InChI is InChI=1S/C14H21N5O2/c1-9-11(8-16-13(20)5-4-6-15-3)10(2)19-12(17-9)7-14(21)18-19/h7,15H,4-6,8H2,1-3H3,(H,16,20)(H,18,21). The van der Waals surface area contributed by atoms with Crippen molar-refractivity contribution in [2.45, 2.75) is 33.2 Å². The summed E-state index contributed by atoms with van der Waals surface area (Å²) in [5.41, 5.74) is 3.05. The van der Waals surface area contributed by atoms with Gasteiger partial charge in [0.05, 0.1) is 0 Å². The Balaban J connectivity index is 2.11. The van der Waals surface area contributed by atoms with E-state index in [9.17, 15) is 9.59 Å². The highest BCUT2D eigenvalue weighted by Crippen LogP contribution is 2.12. The fourth-order valence-electron chi connectivity index (χ4n) is 2.31. The first-order valence-corrected chi connectivity index (χ1v) is 7.02. The van der Waals surface area contributed by atoms with Gasteiger partial charge in [0.25, 0.3) is 5.56 Å². The molecule has 0 bridgehead atoms. The molecule has 114 valence electrons. The first-order chi connectivity index (χ1) is 10.0. The Bertz CT molecular complexity index is 701. The van der Waals surface area contributed by atoms with Gasteiger partial charge in [-0.2, -0.15) is 0 Å². The van der Waals surface area contributed by atoms with E-state index in [0.29, 0.717) is 18.6 Å². The van der Waals surface area contributed by atoms with Crippen molar-refractivity contribution in [1.82, 2.24) is 25.2 Å². The SMILES string of the molecule is CNCCCC(=O)NCc1c(C)nc2cc(=O)[nH]n2c1C. The lowest BCUT2D eigenvalue weighted by molar-refractivity contribution is -0.121. The van der Waals surface area contributed by atoms with E-state index in [1.807, 2.05) is 20.9 Å². The third-order valence-electron chi connectivity index (χ3n) is 3.50. The van der Waals surface area contributed by atoms with Crippen LogP contribution in [0.4, 0.5) is 0 Å². The predicted molar refractivity (Wildman–Crippen MR) is 80.3 cm³/mol. The number of hydrogen-bond donors (Lipinski definition) is 3. The minimum atomic E-state index is -0.182. The Hall–Kier alpha value is -2.15. The number of hydrogen-bond acceptors (Lipinski definition) is 4. The molecule has 0 radical (unpaired) electrons. The molecule has 0 aliphatic carbocycles. The van der Waals surface area contributed by atoms with Gasteiger partial charge in [-0.25, -0.2) is 9.50 Å². The summed E-state index contributed by atoms with van der Waals surface area (Å²) in [6.07, 6.45) is 1.30. The molecular weight excluding hydrogens is 270 g/mol. The Labute approximate surface area is 122 Å². The highest BCUT2D eigenvalue weighted by molar-refractivity contribution is 5.75. The molecule has 0 aromatic carbocycles. The van der Waals surface area contributed by atoms with Crippen molar-refractivity contribution < 1.29 is 4.79 Å². The molecule has 0 aliphatic heterocycles. The molecule has 3 N–H and O–H groups in total. The third kappa shape index (κ3) is 3.49. The van der Waals surface area contributed by atoms with Crippen molar-refractivity contribution in [3.05, 3.63) is 33.4 Å². The molecule has 2 heterocycles. The predicted octanol–water partition coefficient (Wildman–Crippen LogP) is 0.255. The lowest BCUT2D eigenvalue weighted by Gasteiger charge is -2.12. The smallest absolute Gasteiger partial charge is 0.266 e. The second-order valence-electron chi connectivity index (χ2n) is 5.06. The number of carbonyl (C=O) groups excluding carboxylic acids is 1. The molecule has 7 nitrogen and oxygen atoms in total. The molecule has 0 spiro atoms. The van der Waals surface area contributed by atoms with Gasteiger partial charge in [0, 0.05) is 36.0 Å². The summed E-state index contributed by atoms with van der Waals surface area (Å²) in [5, 5.41) is 8.61. The summed E-state index contributed by atoms with van der Waals surface area (Å²) < 4.78 is 1.65. The first kappa shape index (κ1) is 15.2. The molecule has 0 saturated carbocycles. The Morgan fingerprint density at radius 2 is 2.19 bits per heavy atom. The molecule has 21 heavy (non-hydrogen) atoms. The van der Waals surface area contributed by atoms with Crippen LogP contribution in [0.2, 0.25) is 0 Å². The van der Waals surface area contributed by atoms with Gasteiger partial charge in [0.2, 0.25) is 5.91 Å².